The molecule has 117 valence electrons. The first-order chi connectivity index (χ1) is 9.57. The molecule has 0 aliphatic rings. The Morgan fingerprint density at radius 1 is 1.55 bits per heavy atom. The van der Waals surface area contributed by atoms with Gasteiger partial charge in [-0.2, -0.15) is 11.6 Å². The van der Waals surface area contributed by atoms with Crippen molar-refractivity contribution in [1.82, 2.24) is 10.0 Å². The molecule has 5 heteroatoms. The molecule has 0 unspecified atom stereocenters. The van der Waals surface area contributed by atoms with Crippen molar-refractivity contribution in [2.24, 2.45) is 0 Å². The number of allylic oxidation sites excluding steroid dienone is 3. The van der Waals surface area contributed by atoms with E-state index in [1.54, 1.807) is 17.6 Å². The van der Waals surface area contributed by atoms with Gasteiger partial charge in [0.25, 0.3) is 5.91 Å². The van der Waals surface area contributed by atoms with Crippen LogP contribution in [0.5, 0.6) is 0 Å². The first-order valence-corrected chi connectivity index (χ1v) is 6.21. The van der Waals surface area contributed by atoms with Crippen LogP contribution in [0.4, 0.5) is 0 Å². The van der Waals surface area contributed by atoms with Gasteiger partial charge in [-0.05, 0) is 31.2 Å². The SMILES string of the molecule is [CH-]=C/C(=C\C)Cn1ccc(C)c1/C=C(\C=C)C(=O)NO.[CH3-].[Y]. The molecule has 0 fully saturated rings. The Bertz CT molecular complexity index is 583. The number of carbonyl (C=O) groups excluding carboxylic acids is 1. The Hall–Kier alpha value is -1.23. The molecule has 0 aliphatic heterocycles. The molecule has 1 aromatic rings. The van der Waals surface area contributed by atoms with Crippen molar-refractivity contribution in [3.05, 3.63) is 73.5 Å². The molecule has 0 atom stereocenters. The smallest absolute Gasteiger partial charge is 0.274 e. The van der Waals surface area contributed by atoms with Crippen molar-refractivity contribution >= 4 is 12.0 Å². The number of rotatable bonds is 6. The molecule has 0 saturated carbocycles. The standard InChI is InChI=1S/C16H19N2O2.CH3.Y/c1-5-13(6-2)11-18-9-8-12(4)15(18)10-14(7-3)16(19)17-20;;/h1,5-10,20H,3,11H2,2,4H3,(H,17,19);1H3;/q2*-1;/b13-6+,14-10+;;. The Balaban J connectivity index is 0. The van der Waals surface area contributed by atoms with Gasteiger partial charge in [-0.1, -0.05) is 19.6 Å². The number of aromatic nitrogens is 1. The topological polar surface area (TPSA) is 54.3 Å². The molecule has 1 rings (SSSR count). The maximum atomic E-state index is 11.5. The quantitative estimate of drug-likeness (QED) is 0.264. The zero-order chi connectivity index (χ0) is 15.1. The van der Waals surface area contributed by atoms with Crippen molar-refractivity contribution in [2.45, 2.75) is 20.4 Å². The summed E-state index contributed by atoms with van der Waals surface area (Å²) < 4.78 is 1.97. The van der Waals surface area contributed by atoms with Crippen LogP contribution >= 0.6 is 0 Å². The van der Waals surface area contributed by atoms with Gasteiger partial charge in [-0.15, -0.1) is 0 Å². The summed E-state index contributed by atoms with van der Waals surface area (Å²) in [5.74, 6) is -0.594. The van der Waals surface area contributed by atoms with E-state index in [1.165, 1.54) is 6.08 Å². The van der Waals surface area contributed by atoms with E-state index in [4.69, 9.17) is 11.8 Å². The van der Waals surface area contributed by atoms with Gasteiger partial charge in [0.05, 0.1) is 0 Å². The van der Waals surface area contributed by atoms with Gasteiger partial charge in [0.1, 0.15) is 0 Å². The number of carbonyl (C=O) groups is 1. The molecule has 2 N–H and O–H groups in total. The number of hydrogen-bond acceptors (Lipinski definition) is 2. The van der Waals surface area contributed by atoms with Crippen LogP contribution in [0.15, 0.2) is 48.2 Å². The molecular weight excluding hydrogens is 353 g/mol. The minimum absolute atomic E-state index is 0. The third-order valence-electron chi connectivity index (χ3n) is 3.03. The molecule has 22 heavy (non-hydrogen) atoms. The first kappa shape index (κ1) is 23.0. The van der Waals surface area contributed by atoms with Gasteiger partial charge in [0.2, 0.25) is 0 Å². The number of amides is 1. The predicted octanol–water partition coefficient (Wildman–Crippen LogP) is 3.25. The van der Waals surface area contributed by atoms with Gasteiger partial charge in [-0.25, -0.2) is 11.6 Å². The molecule has 1 radical (unpaired) electrons. The summed E-state index contributed by atoms with van der Waals surface area (Å²) >= 11 is 0. The van der Waals surface area contributed by atoms with Gasteiger partial charge < -0.3 is 12.0 Å². The molecule has 1 aromatic heterocycles. The van der Waals surface area contributed by atoms with Crippen LogP contribution < -0.4 is 5.48 Å². The summed E-state index contributed by atoms with van der Waals surface area (Å²) in [4.78, 5) is 11.5. The van der Waals surface area contributed by atoms with Gasteiger partial charge in [0, 0.05) is 50.2 Å². The zero-order valence-corrected chi connectivity index (χ0v) is 16.2. The van der Waals surface area contributed by atoms with E-state index in [0.29, 0.717) is 6.54 Å². The Morgan fingerprint density at radius 2 is 2.18 bits per heavy atom. The second kappa shape index (κ2) is 11.4. The molecule has 0 aliphatic carbocycles. The molecule has 0 bridgehead atoms. The van der Waals surface area contributed by atoms with Crippen molar-refractivity contribution in [2.75, 3.05) is 0 Å². The van der Waals surface area contributed by atoms with Crippen molar-refractivity contribution in [3.8, 4) is 0 Å². The Kier molecular flexibility index (Phi) is 11.9. The Morgan fingerprint density at radius 3 is 2.64 bits per heavy atom. The Labute approximate surface area is 158 Å². The number of hydroxylamine groups is 1. The third kappa shape index (κ3) is 5.87. The molecule has 0 saturated heterocycles. The second-order valence-electron chi connectivity index (χ2n) is 4.29. The summed E-state index contributed by atoms with van der Waals surface area (Å²) in [5, 5.41) is 8.70. The average Bonchev–Trinajstić information content (AvgIpc) is 2.81. The second-order valence-corrected chi connectivity index (χ2v) is 4.29. The van der Waals surface area contributed by atoms with Gasteiger partial charge in [-0.3, -0.25) is 16.6 Å². The van der Waals surface area contributed by atoms with E-state index in [-0.39, 0.29) is 45.7 Å². The maximum Gasteiger partial charge on any atom is 0.274 e. The van der Waals surface area contributed by atoms with E-state index >= 15 is 0 Å². The summed E-state index contributed by atoms with van der Waals surface area (Å²) in [6.45, 7) is 13.6. The van der Waals surface area contributed by atoms with Gasteiger partial charge >= 0.3 is 0 Å². The van der Waals surface area contributed by atoms with Gasteiger partial charge in [0.15, 0.2) is 0 Å². The molecule has 0 spiro atoms. The largest absolute Gasteiger partial charge is 0.360 e. The van der Waals surface area contributed by atoms with E-state index in [0.717, 1.165) is 16.8 Å². The molecular formula is C17H22N2O2Y-2. The monoisotopic (exact) mass is 375 g/mol. The normalized spacial score (nSPS) is 11.0. The van der Waals surface area contributed by atoms with E-state index in [9.17, 15) is 4.79 Å². The first-order valence-electron chi connectivity index (χ1n) is 6.21. The third-order valence-corrected chi connectivity index (χ3v) is 3.03. The zero-order valence-electron chi connectivity index (χ0n) is 13.3. The molecule has 4 nitrogen and oxygen atoms in total. The van der Waals surface area contributed by atoms with Crippen LogP contribution in [0.25, 0.3) is 6.08 Å². The van der Waals surface area contributed by atoms with Crippen LogP contribution in [0.3, 0.4) is 0 Å². The predicted molar refractivity (Wildman–Crippen MR) is 86.3 cm³/mol. The van der Waals surface area contributed by atoms with Crippen LogP contribution in [-0.4, -0.2) is 15.7 Å². The van der Waals surface area contributed by atoms with E-state index in [1.807, 2.05) is 36.8 Å². The van der Waals surface area contributed by atoms with Crippen molar-refractivity contribution < 1.29 is 42.7 Å². The van der Waals surface area contributed by atoms with Crippen LogP contribution in [-0.2, 0) is 44.0 Å². The van der Waals surface area contributed by atoms with Crippen molar-refractivity contribution in [1.29, 1.82) is 0 Å². The fraction of sp³-hybridized carbons (Fsp3) is 0.176. The number of aryl methyl sites for hydroxylation is 1. The summed E-state index contributed by atoms with van der Waals surface area (Å²) in [7, 11) is 0. The fourth-order valence-corrected chi connectivity index (χ4v) is 1.79. The number of nitrogens with zero attached hydrogens (tertiary/aromatic N) is 1. The maximum absolute atomic E-state index is 11.5. The van der Waals surface area contributed by atoms with Crippen LogP contribution in [0.2, 0.25) is 0 Å². The van der Waals surface area contributed by atoms with E-state index < -0.39 is 5.91 Å². The van der Waals surface area contributed by atoms with Crippen LogP contribution in [0.1, 0.15) is 18.2 Å². The minimum Gasteiger partial charge on any atom is -0.360 e. The average molecular weight is 375 g/mol. The van der Waals surface area contributed by atoms with E-state index in [2.05, 4.69) is 6.58 Å². The van der Waals surface area contributed by atoms with Crippen LogP contribution in [0, 0.1) is 20.9 Å². The number of hydrogen-bond donors (Lipinski definition) is 2. The number of nitrogens with one attached hydrogen (secondary N) is 1. The summed E-state index contributed by atoms with van der Waals surface area (Å²) in [5.41, 5.74) is 4.75. The van der Waals surface area contributed by atoms with Crippen molar-refractivity contribution in [3.63, 3.8) is 0 Å². The molecule has 1 heterocycles. The summed E-state index contributed by atoms with van der Waals surface area (Å²) in [6, 6.07) is 1.95. The fourth-order valence-electron chi connectivity index (χ4n) is 1.79. The molecule has 1 amide bonds. The minimum atomic E-state index is -0.594. The summed E-state index contributed by atoms with van der Waals surface area (Å²) in [6.07, 6.45) is 8.48. The molecule has 0 aromatic carbocycles.